The fourth-order valence-electron chi connectivity index (χ4n) is 5.05. The number of hydrogen-bond acceptors (Lipinski definition) is 4. The lowest BCUT2D eigenvalue weighted by molar-refractivity contribution is 0.0260. The maximum absolute atomic E-state index is 12.4. The van der Waals surface area contributed by atoms with Crippen LogP contribution in [-0.2, 0) is 17.8 Å². The third-order valence-corrected chi connectivity index (χ3v) is 7.14. The summed E-state index contributed by atoms with van der Waals surface area (Å²) in [5, 5.41) is 0. The van der Waals surface area contributed by atoms with Crippen LogP contribution in [0.15, 0.2) is 48.5 Å². The summed E-state index contributed by atoms with van der Waals surface area (Å²) in [6.07, 6.45) is 5.46. The van der Waals surface area contributed by atoms with Gasteiger partial charge >= 0.3 is 6.09 Å². The minimum Gasteiger partial charge on any atom is -0.441 e. The maximum atomic E-state index is 12.4. The van der Waals surface area contributed by atoms with E-state index in [9.17, 15) is 4.79 Å². The van der Waals surface area contributed by atoms with Crippen molar-refractivity contribution in [2.75, 3.05) is 40.3 Å². The van der Waals surface area contributed by atoms with E-state index in [2.05, 4.69) is 79.3 Å². The molecule has 4 rings (SSSR count). The van der Waals surface area contributed by atoms with Crippen molar-refractivity contribution in [3.05, 3.63) is 59.7 Å². The number of carbonyl (C=O) groups excluding carboxylic acids is 1. The number of rotatable bonds is 9. The molecule has 5 heteroatoms. The molecule has 0 aromatic heterocycles. The molecule has 2 aromatic rings. The van der Waals surface area contributed by atoms with Gasteiger partial charge < -0.3 is 9.64 Å². The Bertz CT molecular complexity index is 902. The Balaban J connectivity index is 1.34. The Morgan fingerprint density at radius 1 is 0.879 bits per heavy atom. The van der Waals surface area contributed by atoms with Crippen LogP contribution in [0.5, 0.6) is 0 Å². The molecule has 1 spiro atoms. The molecule has 33 heavy (non-hydrogen) atoms. The molecule has 1 heterocycles. The summed E-state index contributed by atoms with van der Waals surface area (Å²) in [4.78, 5) is 19.0. The number of nitrogens with zero attached hydrogens (tertiary/aromatic N) is 3. The predicted octanol–water partition coefficient (Wildman–Crippen LogP) is 5.39. The van der Waals surface area contributed by atoms with Gasteiger partial charge in [0.05, 0.1) is 6.54 Å². The molecule has 2 fully saturated rings. The van der Waals surface area contributed by atoms with Crippen molar-refractivity contribution in [2.24, 2.45) is 0 Å². The van der Waals surface area contributed by atoms with Crippen molar-refractivity contribution in [3.63, 3.8) is 0 Å². The lowest BCUT2D eigenvalue weighted by atomic mass is 9.85. The van der Waals surface area contributed by atoms with Crippen LogP contribution in [0.1, 0.15) is 50.2 Å². The van der Waals surface area contributed by atoms with Crippen molar-refractivity contribution < 1.29 is 9.53 Å². The highest BCUT2D eigenvalue weighted by Gasteiger charge is 2.45. The first-order valence-corrected chi connectivity index (χ1v) is 12.5. The van der Waals surface area contributed by atoms with Crippen LogP contribution >= 0.6 is 0 Å². The van der Waals surface area contributed by atoms with Crippen molar-refractivity contribution in [1.82, 2.24) is 14.7 Å². The van der Waals surface area contributed by atoms with Gasteiger partial charge in [-0.15, -0.1) is 0 Å². The Kier molecular flexibility index (Phi) is 7.71. The predicted molar refractivity (Wildman–Crippen MR) is 134 cm³/mol. The van der Waals surface area contributed by atoms with Crippen molar-refractivity contribution in [2.45, 2.75) is 57.7 Å². The molecule has 1 saturated carbocycles. The van der Waals surface area contributed by atoms with E-state index >= 15 is 0 Å². The summed E-state index contributed by atoms with van der Waals surface area (Å²) in [6, 6.07) is 17.5. The monoisotopic (exact) mass is 449 g/mol. The lowest BCUT2D eigenvalue weighted by Crippen LogP contribution is -2.36. The van der Waals surface area contributed by atoms with E-state index in [1.54, 1.807) is 0 Å². The van der Waals surface area contributed by atoms with Gasteiger partial charge in [-0.3, -0.25) is 9.80 Å². The molecule has 0 atom stereocenters. The number of ether oxygens (including phenoxy) is 1. The van der Waals surface area contributed by atoms with Gasteiger partial charge in [0.25, 0.3) is 0 Å². The standard InChI is InChI=1S/C28H39N3O2/c1-4-30(19-18-29(2)3)20-23-8-12-25(13-9-23)26-14-10-24(11-15-26)21-31-22-28(33-27(31)32)16-6-5-7-17-28/h8-15H,4-7,16-22H2,1-3H3. The van der Waals surface area contributed by atoms with Gasteiger partial charge in [0.1, 0.15) is 5.60 Å². The molecular weight excluding hydrogens is 410 g/mol. The third-order valence-electron chi connectivity index (χ3n) is 7.14. The molecule has 0 radical (unpaired) electrons. The lowest BCUT2D eigenvalue weighted by Gasteiger charge is -2.30. The molecule has 0 bridgehead atoms. The van der Waals surface area contributed by atoms with Gasteiger partial charge in [0.2, 0.25) is 0 Å². The number of benzene rings is 2. The van der Waals surface area contributed by atoms with Crippen LogP contribution in [-0.4, -0.2) is 66.7 Å². The first kappa shape index (κ1) is 23.8. The first-order valence-electron chi connectivity index (χ1n) is 12.5. The number of hydrogen-bond donors (Lipinski definition) is 0. The fraction of sp³-hybridized carbons (Fsp3) is 0.536. The fourth-order valence-corrected chi connectivity index (χ4v) is 5.05. The van der Waals surface area contributed by atoms with E-state index in [-0.39, 0.29) is 11.7 Å². The summed E-state index contributed by atoms with van der Waals surface area (Å²) in [6.45, 7) is 7.78. The minimum absolute atomic E-state index is 0.150. The zero-order valence-corrected chi connectivity index (χ0v) is 20.6. The molecule has 2 aromatic carbocycles. The average Bonchev–Trinajstić information content (AvgIpc) is 3.11. The summed E-state index contributed by atoms with van der Waals surface area (Å²) in [5.41, 5.74) is 4.71. The second-order valence-electron chi connectivity index (χ2n) is 10.0. The molecule has 5 nitrogen and oxygen atoms in total. The number of likely N-dealkylation sites (N-methyl/N-ethyl adjacent to an activating group) is 2. The summed E-state index contributed by atoms with van der Waals surface area (Å²) < 4.78 is 5.82. The molecular formula is C28H39N3O2. The van der Waals surface area contributed by atoms with Crippen LogP contribution in [0.3, 0.4) is 0 Å². The van der Waals surface area contributed by atoms with Gasteiger partial charge in [0.15, 0.2) is 0 Å². The largest absolute Gasteiger partial charge is 0.441 e. The summed E-state index contributed by atoms with van der Waals surface area (Å²) >= 11 is 0. The van der Waals surface area contributed by atoms with E-state index < -0.39 is 0 Å². The highest BCUT2D eigenvalue weighted by Crippen LogP contribution is 2.37. The van der Waals surface area contributed by atoms with Gasteiger partial charge in [0, 0.05) is 26.2 Å². The van der Waals surface area contributed by atoms with E-state index in [4.69, 9.17) is 4.74 Å². The summed E-state index contributed by atoms with van der Waals surface area (Å²) in [7, 11) is 4.25. The van der Waals surface area contributed by atoms with Crippen LogP contribution in [0.4, 0.5) is 4.79 Å². The van der Waals surface area contributed by atoms with Crippen LogP contribution in [0.2, 0.25) is 0 Å². The van der Waals surface area contributed by atoms with Crippen LogP contribution < -0.4 is 0 Å². The zero-order valence-electron chi connectivity index (χ0n) is 20.6. The maximum Gasteiger partial charge on any atom is 0.410 e. The minimum atomic E-state index is -0.225. The van der Waals surface area contributed by atoms with E-state index in [1.807, 2.05) is 4.90 Å². The zero-order chi connectivity index (χ0) is 23.3. The molecule has 178 valence electrons. The quantitative estimate of drug-likeness (QED) is 0.514. The normalized spacial score (nSPS) is 17.8. The Morgan fingerprint density at radius 2 is 1.48 bits per heavy atom. The smallest absolute Gasteiger partial charge is 0.410 e. The molecule has 2 aliphatic rings. The Labute approximate surface area is 199 Å². The van der Waals surface area contributed by atoms with Gasteiger partial charge in [-0.05, 0) is 68.6 Å². The Morgan fingerprint density at radius 3 is 2.06 bits per heavy atom. The van der Waals surface area contributed by atoms with E-state index in [1.165, 1.54) is 36.0 Å². The van der Waals surface area contributed by atoms with Gasteiger partial charge in [-0.25, -0.2) is 4.79 Å². The van der Waals surface area contributed by atoms with Crippen molar-refractivity contribution >= 4 is 6.09 Å². The molecule has 1 aliphatic carbocycles. The topological polar surface area (TPSA) is 36.0 Å². The molecule has 0 unspecified atom stereocenters. The Hall–Kier alpha value is -2.37. The number of carbonyl (C=O) groups is 1. The van der Waals surface area contributed by atoms with Crippen molar-refractivity contribution in [3.8, 4) is 11.1 Å². The first-order chi connectivity index (χ1) is 16.0. The highest BCUT2D eigenvalue weighted by atomic mass is 16.6. The van der Waals surface area contributed by atoms with Gasteiger partial charge in [-0.1, -0.05) is 61.9 Å². The van der Waals surface area contributed by atoms with Crippen LogP contribution in [0.25, 0.3) is 11.1 Å². The molecule has 1 saturated heterocycles. The number of amides is 1. The van der Waals surface area contributed by atoms with E-state index in [0.717, 1.165) is 51.1 Å². The molecule has 0 N–H and O–H groups in total. The third kappa shape index (κ3) is 6.15. The average molecular weight is 450 g/mol. The SMILES string of the molecule is CCN(CCN(C)C)Cc1ccc(-c2ccc(CN3CC4(CCCCC4)OC3=O)cc2)cc1. The van der Waals surface area contributed by atoms with Crippen LogP contribution in [0, 0.1) is 0 Å². The van der Waals surface area contributed by atoms with Crippen molar-refractivity contribution in [1.29, 1.82) is 0 Å². The second-order valence-corrected chi connectivity index (χ2v) is 10.0. The second kappa shape index (κ2) is 10.7. The van der Waals surface area contributed by atoms with Gasteiger partial charge in [-0.2, -0.15) is 0 Å². The highest BCUT2D eigenvalue weighted by molar-refractivity contribution is 5.71. The molecule has 1 aliphatic heterocycles. The molecule has 1 amide bonds. The van der Waals surface area contributed by atoms with E-state index in [0.29, 0.717) is 6.54 Å². The summed E-state index contributed by atoms with van der Waals surface area (Å²) in [5.74, 6) is 0.